The maximum absolute atomic E-state index is 14.3. The fourth-order valence-electron chi connectivity index (χ4n) is 3.63. The Morgan fingerprint density at radius 1 is 1.32 bits per heavy atom. The zero-order valence-corrected chi connectivity index (χ0v) is 18.0. The molecule has 0 radical (unpaired) electrons. The molecule has 3 heterocycles. The highest BCUT2D eigenvalue weighted by molar-refractivity contribution is 5.83. The van der Waals surface area contributed by atoms with Crippen LogP contribution in [0.15, 0.2) is 30.5 Å². The van der Waals surface area contributed by atoms with Gasteiger partial charge in [-0.1, -0.05) is 12.1 Å². The Morgan fingerprint density at radius 2 is 2.06 bits per heavy atom. The first kappa shape index (κ1) is 21.3. The zero-order chi connectivity index (χ0) is 22.0. The first-order chi connectivity index (χ1) is 14.9. The van der Waals surface area contributed by atoms with Crippen LogP contribution in [0.1, 0.15) is 24.8 Å². The van der Waals surface area contributed by atoms with E-state index in [0.29, 0.717) is 38.1 Å². The Balaban J connectivity index is 1.34. The minimum absolute atomic E-state index is 0.00243. The number of amides is 1. The second-order valence-corrected chi connectivity index (χ2v) is 8.24. The van der Waals surface area contributed by atoms with Gasteiger partial charge in [-0.25, -0.2) is 9.37 Å². The van der Waals surface area contributed by atoms with Gasteiger partial charge in [0.2, 0.25) is 11.9 Å². The molecule has 166 valence electrons. The molecule has 31 heavy (non-hydrogen) atoms. The summed E-state index contributed by atoms with van der Waals surface area (Å²) < 4.78 is 25.5. The van der Waals surface area contributed by atoms with Crippen molar-refractivity contribution in [3.05, 3.63) is 41.8 Å². The number of carbonyl (C=O) groups is 1. The summed E-state index contributed by atoms with van der Waals surface area (Å²) in [5, 5.41) is 2.98. The molecule has 0 saturated carbocycles. The molecule has 2 fully saturated rings. The average molecular weight is 429 g/mol. The molecule has 0 aliphatic carbocycles. The maximum Gasteiger partial charge on any atom is 0.227 e. The SMILES string of the molecule is CC(C(=O)NC1COC1)c1ccc(OC2CCN(c3nc(N(C)C)ncc3F)C2)cc1. The molecule has 2 aliphatic heterocycles. The van der Waals surface area contributed by atoms with Gasteiger partial charge in [-0.3, -0.25) is 4.79 Å². The Labute approximate surface area is 181 Å². The van der Waals surface area contributed by atoms with Crippen molar-refractivity contribution in [1.82, 2.24) is 15.3 Å². The number of nitrogens with one attached hydrogen (secondary N) is 1. The fourth-order valence-corrected chi connectivity index (χ4v) is 3.63. The standard InChI is InChI=1S/C22H28FN5O3/c1-14(21(29)25-16-12-30-13-16)15-4-6-17(7-5-15)31-18-8-9-28(11-18)20-19(23)10-24-22(26-20)27(2)3/h4-7,10,14,16,18H,8-9,11-13H2,1-3H3,(H,25,29). The third-order valence-corrected chi connectivity index (χ3v) is 5.62. The molecule has 2 aromatic rings. The molecule has 0 spiro atoms. The summed E-state index contributed by atoms with van der Waals surface area (Å²) >= 11 is 0. The van der Waals surface area contributed by atoms with Crippen LogP contribution in [0.4, 0.5) is 16.2 Å². The second-order valence-electron chi connectivity index (χ2n) is 8.24. The number of rotatable bonds is 7. The lowest BCUT2D eigenvalue weighted by molar-refractivity contribution is -0.126. The van der Waals surface area contributed by atoms with Gasteiger partial charge in [-0.05, 0) is 24.6 Å². The Bertz CT molecular complexity index is 920. The topological polar surface area (TPSA) is 79.8 Å². The van der Waals surface area contributed by atoms with Crippen molar-refractivity contribution in [2.24, 2.45) is 0 Å². The van der Waals surface area contributed by atoms with E-state index in [1.165, 1.54) is 6.20 Å². The summed E-state index contributed by atoms with van der Waals surface area (Å²) in [4.78, 5) is 24.3. The van der Waals surface area contributed by atoms with Crippen LogP contribution in [-0.4, -0.2) is 68.4 Å². The first-order valence-electron chi connectivity index (χ1n) is 10.5. The third-order valence-electron chi connectivity index (χ3n) is 5.62. The maximum atomic E-state index is 14.3. The quantitative estimate of drug-likeness (QED) is 0.721. The molecule has 4 rings (SSSR count). The highest BCUT2D eigenvalue weighted by atomic mass is 19.1. The van der Waals surface area contributed by atoms with E-state index >= 15 is 0 Å². The normalized spacial score (nSPS) is 19.6. The highest BCUT2D eigenvalue weighted by Crippen LogP contribution is 2.26. The van der Waals surface area contributed by atoms with E-state index in [0.717, 1.165) is 17.7 Å². The van der Waals surface area contributed by atoms with Crippen LogP contribution in [0.3, 0.4) is 0 Å². The summed E-state index contributed by atoms with van der Waals surface area (Å²) in [5.74, 6) is 0.820. The lowest BCUT2D eigenvalue weighted by Crippen LogP contribution is -2.49. The summed E-state index contributed by atoms with van der Waals surface area (Å²) in [5.41, 5.74) is 0.928. The van der Waals surface area contributed by atoms with Crippen LogP contribution >= 0.6 is 0 Å². The fraction of sp³-hybridized carbons (Fsp3) is 0.500. The van der Waals surface area contributed by atoms with Crippen molar-refractivity contribution in [3.63, 3.8) is 0 Å². The van der Waals surface area contributed by atoms with E-state index < -0.39 is 5.82 Å². The number of hydrogen-bond donors (Lipinski definition) is 1. The van der Waals surface area contributed by atoms with Crippen LogP contribution in [0.2, 0.25) is 0 Å². The van der Waals surface area contributed by atoms with Crippen molar-refractivity contribution in [1.29, 1.82) is 0 Å². The van der Waals surface area contributed by atoms with Gasteiger partial charge in [0.25, 0.3) is 0 Å². The zero-order valence-electron chi connectivity index (χ0n) is 18.0. The summed E-state index contributed by atoms with van der Waals surface area (Å²) in [6, 6.07) is 7.71. The summed E-state index contributed by atoms with van der Waals surface area (Å²) in [6.45, 7) is 4.26. The Kier molecular flexibility index (Phi) is 6.22. The van der Waals surface area contributed by atoms with Crippen molar-refractivity contribution in [2.45, 2.75) is 31.4 Å². The van der Waals surface area contributed by atoms with E-state index in [1.54, 1.807) is 4.90 Å². The number of nitrogens with zero attached hydrogens (tertiary/aromatic N) is 4. The monoisotopic (exact) mass is 429 g/mol. The van der Waals surface area contributed by atoms with Gasteiger partial charge in [0.1, 0.15) is 11.9 Å². The minimum Gasteiger partial charge on any atom is -0.489 e. The number of hydrogen-bond acceptors (Lipinski definition) is 7. The van der Waals surface area contributed by atoms with Crippen LogP contribution < -0.4 is 19.9 Å². The van der Waals surface area contributed by atoms with Gasteiger partial charge < -0.3 is 24.6 Å². The number of aromatic nitrogens is 2. The molecular weight excluding hydrogens is 401 g/mol. The van der Waals surface area contributed by atoms with Gasteiger partial charge >= 0.3 is 0 Å². The van der Waals surface area contributed by atoms with Crippen LogP contribution in [0.25, 0.3) is 0 Å². The third kappa shape index (κ3) is 4.87. The second kappa shape index (κ2) is 9.05. The summed E-state index contributed by atoms with van der Waals surface area (Å²) in [6.07, 6.45) is 1.91. The molecule has 9 heteroatoms. The molecule has 2 atom stereocenters. The van der Waals surface area contributed by atoms with Gasteiger partial charge in [0, 0.05) is 27.1 Å². The van der Waals surface area contributed by atoms with Crippen molar-refractivity contribution < 1.29 is 18.7 Å². The molecular formula is C22H28FN5O3. The Hall–Kier alpha value is -2.94. The molecule has 8 nitrogen and oxygen atoms in total. The van der Waals surface area contributed by atoms with Crippen LogP contribution in [-0.2, 0) is 9.53 Å². The van der Waals surface area contributed by atoms with E-state index in [4.69, 9.17) is 9.47 Å². The molecule has 2 aliphatic rings. The van der Waals surface area contributed by atoms with E-state index in [-0.39, 0.29) is 24.0 Å². The number of carbonyl (C=O) groups excluding carboxylic acids is 1. The Morgan fingerprint density at radius 3 is 2.71 bits per heavy atom. The average Bonchev–Trinajstić information content (AvgIpc) is 3.19. The number of benzene rings is 1. The largest absolute Gasteiger partial charge is 0.489 e. The highest BCUT2D eigenvalue weighted by Gasteiger charge is 2.28. The molecule has 2 saturated heterocycles. The molecule has 1 aromatic carbocycles. The lowest BCUT2D eigenvalue weighted by Gasteiger charge is -2.28. The van der Waals surface area contributed by atoms with E-state index in [1.807, 2.05) is 50.2 Å². The smallest absolute Gasteiger partial charge is 0.227 e. The van der Waals surface area contributed by atoms with Crippen molar-refractivity contribution in [2.75, 3.05) is 50.2 Å². The molecule has 1 aromatic heterocycles. The van der Waals surface area contributed by atoms with Gasteiger partial charge in [-0.15, -0.1) is 0 Å². The van der Waals surface area contributed by atoms with Gasteiger partial charge in [0.15, 0.2) is 11.6 Å². The van der Waals surface area contributed by atoms with Crippen LogP contribution in [0.5, 0.6) is 5.75 Å². The molecule has 1 amide bonds. The van der Waals surface area contributed by atoms with E-state index in [9.17, 15) is 9.18 Å². The van der Waals surface area contributed by atoms with Crippen molar-refractivity contribution in [3.8, 4) is 5.75 Å². The molecule has 2 unspecified atom stereocenters. The predicted octanol–water partition coefficient (Wildman–Crippen LogP) is 1.96. The molecule has 1 N–H and O–H groups in total. The van der Waals surface area contributed by atoms with Crippen molar-refractivity contribution >= 4 is 17.7 Å². The molecule has 0 bridgehead atoms. The van der Waals surface area contributed by atoms with Crippen LogP contribution in [0, 0.1) is 5.82 Å². The predicted molar refractivity (Wildman–Crippen MR) is 115 cm³/mol. The summed E-state index contributed by atoms with van der Waals surface area (Å²) in [7, 11) is 3.64. The van der Waals surface area contributed by atoms with E-state index in [2.05, 4.69) is 15.3 Å². The van der Waals surface area contributed by atoms with Gasteiger partial charge in [0.05, 0.1) is 37.9 Å². The minimum atomic E-state index is -0.434. The first-order valence-corrected chi connectivity index (χ1v) is 10.5. The number of halogens is 1. The number of anilines is 2. The van der Waals surface area contributed by atoms with Gasteiger partial charge in [-0.2, -0.15) is 4.98 Å². The number of ether oxygens (including phenoxy) is 2. The lowest BCUT2D eigenvalue weighted by atomic mass is 9.99.